The van der Waals surface area contributed by atoms with Crippen LogP contribution in [0.25, 0.3) is 0 Å². The van der Waals surface area contributed by atoms with Gasteiger partial charge in [-0.15, -0.1) is 0 Å². The van der Waals surface area contributed by atoms with Gasteiger partial charge in [0.15, 0.2) is 5.82 Å². The van der Waals surface area contributed by atoms with E-state index in [9.17, 15) is 9.59 Å². The number of aromatic nitrogens is 2. The van der Waals surface area contributed by atoms with Gasteiger partial charge in [-0.2, -0.15) is 4.98 Å². The predicted molar refractivity (Wildman–Crippen MR) is 91.2 cm³/mol. The molecule has 1 N–H and O–H groups in total. The maximum Gasteiger partial charge on any atom is 0.323 e. The summed E-state index contributed by atoms with van der Waals surface area (Å²) in [6, 6.07) is 6.92. The van der Waals surface area contributed by atoms with Crippen LogP contribution in [0.1, 0.15) is 43.5 Å². The van der Waals surface area contributed by atoms with E-state index in [-0.39, 0.29) is 37.8 Å². The monoisotopic (exact) mass is 365 g/mol. The molecule has 1 aromatic heterocycles. The first-order chi connectivity index (χ1) is 11.8. The molecule has 0 spiro atoms. The van der Waals surface area contributed by atoms with E-state index in [4.69, 9.17) is 21.2 Å². The summed E-state index contributed by atoms with van der Waals surface area (Å²) in [5, 5.41) is 13.5. The lowest BCUT2D eigenvalue weighted by Gasteiger charge is -2.20. The fraction of sp³-hybridized carbons (Fsp3) is 0.412. The Hall–Kier alpha value is -2.41. The highest BCUT2D eigenvalue weighted by molar-refractivity contribution is 6.30. The number of carbonyl (C=O) groups is 2. The van der Waals surface area contributed by atoms with Crippen molar-refractivity contribution in [3.05, 3.63) is 46.6 Å². The molecule has 2 rings (SSSR count). The van der Waals surface area contributed by atoms with Crippen molar-refractivity contribution in [1.82, 2.24) is 15.0 Å². The van der Waals surface area contributed by atoms with Gasteiger partial charge in [0.1, 0.15) is 6.54 Å². The summed E-state index contributed by atoms with van der Waals surface area (Å²) in [5.41, 5.74) is 0.805. The number of carbonyl (C=O) groups excluding carboxylic acids is 1. The molecule has 7 nitrogen and oxygen atoms in total. The van der Waals surface area contributed by atoms with Crippen molar-refractivity contribution in [2.24, 2.45) is 0 Å². The largest absolute Gasteiger partial charge is 0.480 e. The quantitative estimate of drug-likeness (QED) is 0.772. The molecule has 0 saturated heterocycles. The fourth-order valence-electron chi connectivity index (χ4n) is 2.18. The van der Waals surface area contributed by atoms with E-state index in [2.05, 4.69) is 10.1 Å². The maximum atomic E-state index is 12.4. The van der Waals surface area contributed by atoms with E-state index >= 15 is 0 Å². The molecule has 1 heterocycles. The van der Waals surface area contributed by atoms with Gasteiger partial charge in [-0.05, 0) is 17.7 Å². The van der Waals surface area contributed by atoms with Gasteiger partial charge in [-0.25, -0.2) is 0 Å². The minimum atomic E-state index is -1.07. The number of rotatable bonds is 8. The van der Waals surface area contributed by atoms with Gasteiger partial charge in [-0.1, -0.05) is 42.7 Å². The van der Waals surface area contributed by atoms with E-state index in [1.54, 1.807) is 24.3 Å². The first-order valence-corrected chi connectivity index (χ1v) is 8.29. The van der Waals surface area contributed by atoms with Crippen LogP contribution in [0.3, 0.4) is 0 Å². The van der Waals surface area contributed by atoms with Gasteiger partial charge in [0.2, 0.25) is 11.8 Å². The third kappa shape index (κ3) is 5.86. The highest BCUT2D eigenvalue weighted by Gasteiger charge is 2.19. The summed E-state index contributed by atoms with van der Waals surface area (Å²) < 4.78 is 5.11. The van der Waals surface area contributed by atoms with Gasteiger partial charge >= 0.3 is 5.97 Å². The SMILES string of the molecule is CC(C)c1noc(CCC(=O)N(CC(=O)O)Cc2ccc(Cl)cc2)n1. The second-order valence-corrected chi connectivity index (χ2v) is 6.41. The van der Waals surface area contributed by atoms with E-state index in [1.165, 1.54) is 4.90 Å². The lowest BCUT2D eigenvalue weighted by Crippen LogP contribution is -2.35. The minimum absolute atomic E-state index is 0.0978. The van der Waals surface area contributed by atoms with Crippen molar-refractivity contribution in [2.45, 2.75) is 39.2 Å². The van der Waals surface area contributed by atoms with Crippen LogP contribution in [0.2, 0.25) is 5.02 Å². The molecule has 1 aromatic carbocycles. The normalized spacial score (nSPS) is 10.9. The predicted octanol–water partition coefficient (Wildman–Crippen LogP) is 2.89. The lowest BCUT2D eigenvalue weighted by atomic mass is 10.2. The van der Waals surface area contributed by atoms with Crippen molar-refractivity contribution in [3.8, 4) is 0 Å². The molecule has 0 fully saturated rings. The highest BCUT2D eigenvalue weighted by Crippen LogP contribution is 2.14. The molecule has 0 bridgehead atoms. The molecule has 134 valence electrons. The smallest absolute Gasteiger partial charge is 0.323 e. The number of amides is 1. The Morgan fingerprint density at radius 1 is 1.28 bits per heavy atom. The molecule has 1 amide bonds. The van der Waals surface area contributed by atoms with Crippen LogP contribution in [-0.4, -0.2) is 38.6 Å². The van der Waals surface area contributed by atoms with Crippen LogP contribution >= 0.6 is 11.6 Å². The second-order valence-electron chi connectivity index (χ2n) is 5.97. The van der Waals surface area contributed by atoms with Gasteiger partial charge in [0.25, 0.3) is 0 Å². The number of aliphatic carboxylic acids is 1. The van der Waals surface area contributed by atoms with Crippen LogP contribution in [0.5, 0.6) is 0 Å². The number of benzene rings is 1. The van der Waals surface area contributed by atoms with Gasteiger partial charge in [0, 0.05) is 30.3 Å². The van der Waals surface area contributed by atoms with E-state index in [1.807, 2.05) is 13.8 Å². The summed E-state index contributed by atoms with van der Waals surface area (Å²) in [5.74, 6) is -0.254. The van der Waals surface area contributed by atoms with Crippen molar-refractivity contribution < 1.29 is 19.2 Å². The first-order valence-electron chi connectivity index (χ1n) is 7.91. The summed E-state index contributed by atoms with van der Waals surface area (Å²) >= 11 is 5.84. The van der Waals surface area contributed by atoms with Crippen LogP contribution in [0.4, 0.5) is 0 Å². The van der Waals surface area contributed by atoms with Crippen molar-refractivity contribution in [3.63, 3.8) is 0 Å². The molecule has 0 aliphatic rings. The molecule has 8 heteroatoms. The highest BCUT2D eigenvalue weighted by atomic mass is 35.5. The Morgan fingerprint density at radius 3 is 2.52 bits per heavy atom. The molecule has 0 saturated carbocycles. The molecule has 2 aromatic rings. The van der Waals surface area contributed by atoms with Crippen LogP contribution in [0, 0.1) is 0 Å². The fourth-order valence-corrected chi connectivity index (χ4v) is 2.31. The average molecular weight is 366 g/mol. The van der Waals surface area contributed by atoms with Crippen LogP contribution < -0.4 is 0 Å². The van der Waals surface area contributed by atoms with Crippen molar-refractivity contribution in [1.29, 1.82) is 0 Å². The summed E-state index contributed by atoms with van der Waals surface area (Å²) in [6.45, 7) is 3.72. The summed E-state index contributed by atoms with van der Waals surface area (Å²) in [4.78, 5) is 29.0. The maximum absolute atomic E-state index is 12.4. The number of carboxylic acids is 1. The zero-order chi connectivity index (χ0) is 18.4. The number of hydrogen-bond donors (Lipinski definition) is 1. The molecular formula is C17H20ClN3O4. The van der Waals surface area contributed by atoms with Crippen molar-refractivity contribution >= 4 is 23.5 Å². The summed E-state index contributed by atoms with van der Waals surface area (Å²) in [7, 11) is 0. The molecule has 25 heavy (non-hydrogen) atoms. The van der Waals surface area contributed by atoms with E-state index in [0.717, 1.165) is 5.56 Å². The average Bonchev–Trinajstić information content (AvgIpc) is 3.03. The third-order valence-corrected chi connectivity index (χ3v) is 3.77. The number of hydrogen-bond acceptors (Lipinski definition) is 5. The van der Waals surface area contributed by atoms with Gasteiger partial charge in [-0.3, -0.25) is 9.59 Å². The van der Waals surface area contributed by atoms with Crippen LogP contribution in [-0.2, 0) is 22.6 Å². The number of carboxylic acid groups (broad SMARTS) is 1. The Balaban J connectivity index is 1.99. The zero-order valence-electron chi connectivity index (χ0n) is 14.1. The molecule has 0 aliphatic carbocycles. The van der Waals surface area contributed by atoms with E-state index < -0.39 is 5.97 Å². The number of halogens is 1. The van der Waals surface area contributed by atoms with Crippen LogP contribution in [0.15, 0.2) is 28.8 Å². The number of aryl methyl sites for hydroxylation is 1. The number of nitrogens with zero attached hydrogens (tertiary/aromatic N) is 3. The first kappa shape index (κ1) is 18.9. The Kier molecular flexibility index (Phi) is 6.52. The lowest BCUT2D eigenvalue weighted by molar-refractivity contribution is -0.144. The topological polar surface area (TPSA) is 96.5 Å². The molecular weight excluding hydrogens is 346 g/mol. The molecule has 0 aliphatic heterocycles. The molecule has 0 atom stereocenters. The minimum Gasteiger partial charge on any atom is -0.480 e. The van der Waals surface area contributed by atoms with Gasteiger partial charge in [0.05, 0.1) is 0 Å². The standard InChI is InChI=1S/C17H20ClN3O4/c1-11(2)17-19-14(25-20-17)7-8-15(22)21(10-16(23)24)9-12-3-5-13(18)6-4-12/h3-6,11H,7-10H2,1-2H3,(H,23,24). The molecule has 0 unspecified atom stereocenters. The van der Waals surface area contributed by atoms with E-state index in [0.29, 0.717) is 16.7 Å². The Labute approximate surface area is 150 Å². The van der Waals surface area contributed by atoms with Gasteiger partial charge < -0.3 is 14.5 Å². The van der Waals surface area contributed by atoms with Crippen molar-refractivity contribution in [2.75, 3.05) is 6.54 Å². The zero-order valence-corrected chi connectivity index (χ0v) is 14.9. The summed E-state index contributed by atoms with van der Waals surface area (Å²) in [6.07, 6.45) is 0.371. The molecule has 0 radical (unpaired) electrons. The third-order valence-electron chi connectivity index (χ3n) is 3.52. The Morgan fingerprint density at radius 2 is 1.96 bits per heavy atom. The second kappa shape index (κ2) is 8.62. The Bertz CT molecular complexity index is 728.